The average Bonchev–Trinajstić information content (AvgIpc) is 2.61. The van der Waals surface area contributed by atoms with E-state index in [0.717, 1.165) is 11.3 Å². The minimum Gasteiger partial charge on any atom is -0.303 e. The van der Waals surface area contributed by atoms with Gasteiger partial charge >= 0.3 is 0 Å². The summed E-state index contributed by atoms with van der Waals surface area (Å²) < 4.78 is 0. The summed E-state index contributed by atoms with van der Waals surface area (Å²) in [5, 5.41) is 0. The van der Waals surface area contributed by atoms with Crippen LogP contribution in [0.25, 0.3) is 0 Å². The Hall–Kier alpha value is -0.0400. The smallest absolute Gasteiger partial charge is 0.00384 e. The van der Waals surface area contributed by atoms with Crippen LogP contribution < -0.4 is 0 Å². The molecule has 2 rings (SSSR count). The summed E-state index contributed by atoms with van der Waals surface area (Å²) in [6.45, 7) is 8.73. The van der Waals surface area contributed by atoms with E-state index in [1.807, 2.05) is 0 Å². The molecular weight excluding hydrogens is 146 g/mol. The Morgan fingerprint density at radius 3 is 2.75 bits per heavy atom. The van der Waals surface area contributed by atoms with Crippen molar-refractivity contribution in [2.24, 2.45) is 11.3 Å². The number of likely N-dealkylation sites (tertiary alicyclic amines) is 1. The van der Waals surface area contributed by atoms with E-state index in [1.54, 1.807) is 0 Å². The molecule has 1 nitrogen and oxygen atoms in total. The lowest BCUT2D eigenvalue weighted by Gasteiger charge is -2.23. The first-order valence-corrected chi connectivity index (χ1v) is 5.46. The quantitative estimate of drug-likeness (QED) is 0.580. The van der Waals surface area contributed by atoms with Crippen molar-refractivity contribution >= 4 is 0 Å². The van der Waals surface area contributed by atoms with Gasteiger partial charge in [0.05, 0.1) is 0 Å². The van der Waals surface area contributed by atoms with Crippen LogP contribution in [0, 0.1) is 11.3 Å². The maximum absolute atomic E-state index is 2.62. The molecule has 12 heavy (non-hydrogen) atoms. The van der Waals surface area contributed by atoms with Crippen molar-refractivity contribution in [1.29, 1.82) is 0 Å². The van der Waals surface area contributed by atoms with Crippen molar-refractivity contribution in [3.05, 3.63) is 0 Å². The van der Waals surface area contributed by atoms with Crippen molar-refractivity contribution in [2.75, 3.05) is 19.6 Å². The molecule has 0 aromatic carbocycles. The van der Waals surface area contributed by atoms with Gasteiger partial charge in [-0.2, -0.15) is 0 Å². The van der Waals surface area contributed by atoms with Crippen molar-refractivity contribution in [3.8, 4) is 0 Å². The molecule has 0 N–H and O–H groups in total. The Bertz CT molecular complexity index is 166. The summed E-state index contributed by atoms with van der Waals surface area (Å²) in [5.41, 5.74) is 0.759. The molecule has 1 spiro atoms. The van der Waals surface area contributed by atoms with Gasteiger partial charge in [0.1, 0.15) is 0 Å². The zero-order valence-electron chi connectivity index (χ0n) is 8.47. The normalized spacial score (nSPS) is 43.0. The molecule has 0 radical (unpaired) electrons. The standard InChI is InChI=1S/C11H21N/c1-3-12-7-6-11(9-12)5-4-10(2)8-11/h10H,3-9H2,1-2H3. The molecule has 2 fully saturated rings. The predicted molar refractivity (Wildman–Crippen MR) is 52.2 cm³/mol. The zero-order valence-corrected chi connectivity index (χ0v) is 8.47. The molecule has 70 valence electrons. The van der Waals surface area contributed by atoms with Gasteiger partial charge in [-0.05, 0) is 43.7 Å². The average molecular weight is 167 g/mol. The molecule has 1 heteroatoms. The Morgan fingerprint density at radius 1 is 1.42 bits per heavy atom. The van der Waals surface area contributed by atoms with E-state index in [1.165, 1.54) is 45.3 Å². The maximum atomic E-state index is 2.62. The van der Waals surface area contributed by atoms with Gasteiger partial charge in [0.15, 0.2) is 0 Å². The third-order valence-electron chi connectivity index (χ3n) is 3.91. The van der Waals surface area contributed by atoms with Crippen LogP contribution in [0.3, 0.4) is 0 Å². The Labute approximate surface area is 76.1 Å². The largest absolute Gasteiger partial charge is 0.303 e. The second kappa shape index (κ2) is 3.02. The Kier molecular flexibility index (Phi) is 2.16. The van der Waals surface area contributed by atoms with Gasteiger partial charge < -0.3 is 4.90 Å². The van der Waals surface area contributed by atoms with Crippen LogP contribution in [-0.4, -0.2) is 24.5 Å². The van der Waals surface area contributed by atoms with Crippen LogP contribution in [-0.2, 0) is 0 Å². The van der Waals surface area contributed by atoms with E-state index >= 15 is 0 Å². The molecular formula is C11H21N. The third kappa shape index (κ3) is 1.39. The summed E-state index contributed by atoms with van der Waals surface area (Å²) in [7, 11) is 0. The number of hydrogen-bond acceptors (Lipinski definition) is 1. The molecule has 2 unspecified atom stereocenters. The second-order valence-corrected chi connectivity index (χ2v) is 4.97. The molecule has 0 aromatic rings. The van der Waals surface area contributed by atoms with Gasteiger partial charge in [-0.25, -0.2) is 0 Å². The van der Waals surface area contributed by atoms with E-state index < -0.39 is 0 Å². The molecule has 1 heterocycles. The third-order valence-corrected chi connectivity index (χ3v) is 3.91. The van der Waals surface area contributed by atoms with Crippen LogP contribution in [0.2, 0.25) is 0 Å². The van der Waals surface area contributed by atoms with Crippen LogP contribution >= 0.6 is 0 Å². The van der Waals surface area contributed by atoms with E-state index in [-0.39, 0.29) is 0 Å². The van der Waals surface area contributed by atoms with Crippen LogP contribution in [0.15, 0.2) is 0 Å². The molecule has 1 aliphatic heterocycles. The van der Waals surface area contributed by atoms with Gasteiger partial charge in [-0.15, -0.1) is 0 Å². The summed E-state index contributed by atoms with van der Waals surface area (Å²) in [5.74, 6) is 1.00. The van der Waals surface area contributed by atoms with E-state index in [9.17, 15) is 0 Å². The molecule has 1 aliphatic carbocycles. The molecule has 0 amide bonds. The van der Waals surface area contributed by atoms with Crippen molar-refractivity contribution in [3.63, 3.8) is 0 Å². The van der Waals surface area contributed by atoms with E-state index in [4.69, 9.17) is 0 Å². The highest BCUT2D eigenvalue weighted by molar-refractivity contribution is 4.94. The van der Waals surface area contributed by atoms with Gasteiger partial charge in [0.25, 0.3) is 0 Å². The Morgan fingerprint density at radius 2 is 2.25 bits per heavy atom. The summed E-state index contributed by atoms with van der Waals surface area (Å²) in [4.78, 5) is 2.62. The Balaban J connectivity index is 1.97. The van der Waals surface area contributed by atoms with Crippen molar-refractivity contribution in [1.82, 2.24) is 4.90 Å². The SMILES string of the molecule is CCN1CCC2(CCC(C)C2)C1. The predicted octanol–water partition coefficient (Wildman–Crippen LogP) is 2.52. The van der Waals surface area contributed by atoms with Gasteiger partial charge in [0, 0.05) is 6.54 Å². The minimum absolute atomic E-state index is 0.759. The zero-order chi connectivity index (χ0) is 8.60. The monoisotopic (exact) mass is 167 g/mol. The summed E-state index contributed by atoms with van der Waals surface area (Å²) in [6, 6.07) is 0. The second-order valence-electron chi connectivity index (χ2n) is 4.97. The molecule has 0 aromatic heterocycles. The van der Waals surface area contributed by atoms with Gasteiger partial charge in [0.2, 0.25) is 0 Å². The molecule has 1 saturated carbocycles. The van der Waals surface area contributed by atoms with Crippen LogP contribution in [0.4, 0.5) is 0 Å². The fraction of sp³-hybridized carbons (Fsp3) is 1.00. The lowest BCUT2D eigenvalue weighted by molar-refractivity contribution is 0.263. The number of hydrogen-bond donors (Lipinski definition) is 0. The fourth-order valence-corrected chi connectivity index (χ4v) is 3.16. The van der Waals surface area contributed by atoms with Crippen LogP contribution in [0.1, 0.15) is 39.5 Å². The highest BCUT2D eigenvalue weighted by Crippen LogP contribution is 2.47. The molecule has 2 aliphatic rings. The van der Waals surface area contributed by atoms with E-state index in [2.05, 4.69) is 18.7 Å². The lowest BCUT2D eigenvalue weighted by Crippen LogP contribution is -2.25. The highest BCUT2D eigenvalue weighted by Gasteiger charge is 2.41. The topological polar surface area (TPSA) is 3.24 Å². The maximum Gasteiger partial charge on any atom is 0.00384 e. The number of rotatable bonds is 1. The first kappa shape index (κ1) is 8.55. The van der Waals surface area contributed by atoms with Gasteiger partial charge in [-0.3, -0.25) is 0 Å². The molecule has 2 atom stereocenters. The number of nitrogens with zero attached hydrogens (tertiary/aromatic N) is 1. The lowest BCUT2D eigenvalue weighted by atomic mass is 9.85. The highest BCUT2D eigenvalue weighted by atomic mass is 15.1. The van der Waals surface area contributed by atoms with Gasteiger partial charge in [-0.1, -0.05) is 20.3 Å². The molecule has 0 bridgehead atoms. The van der Waals surface area contributed by atoms with Crippen molar-refractivity contribution in [2.45, 2.75) is 39.5 Å². The minimum atomic E-state index is 0.759. The van der Waals surface area contributed by atoms with Crippen LogP contribution in [0.5, 0.6) is 0 Å². The first-order chi connectivity index (χ1) is 5.74. The fourth-order valence-electron chi connectivity index (χ4n) is 3.16. The summed E-state index contributed by atoms with van der Waals surface area (Å²) >= 11 is 0. The molecule has 1 saturated heterocycles. The first-order valence-electron chi connectivity index (χ1n) is 5.46. The summed E-state index contributed by atoms with van der Waals surface area (Å²) in [6.07, 6.45) is 5.97. The van der Waals surface area contributed by atoms with E-state index in [0.29, 0.717) is 0 Å². The van der Waals surface area contributed by atoms with Crippen molar-refractivity contribution < 1.29 is 0 Å².